The minimum absolute atomic E-state index is 0.226. The van der Waals surface area contributed by atoms with Crippen LogP contribution in [0.3, 0.4) is 0 Å². The van der Waals surface area contributed by atoms with E-state index < -0.39 is 0 Å². The summed E-state index contributed by atoms with van der Waals surface area (Å²) in [7, 11) is 0. The van der Waals surface area contributed by atoms with E-state index in [9.17, 15) is 4.79 Å². The Labute approximate surface area is 148 Å². The molecule has 1 fully saturated rings. The Morgan fingerprint density at radius 2 is 1.92 bits per heavy atom. The maximum atomic E-state index is 12.5. The second-order valence-electron chi connectivity index (χ2n) is 5.86. The first-order valence-corrected chi connectivity index (χ1v) is 9.25. The number of piperidine rings is 1. The van der Waals surface area contributed by atoms with Crippen molar-refractivity contribution < 1.29 is 4.79 Å². The number of rotatable bonds is 3. The molecule has 7 heteroatoms. The first-order valence-electron chi connectivity index (χ1n) is 8.00. The third-order valence-corrected chi connectivity index (χ3v) is 5.30. The van der Waals surface area contributed by atoms with Crippen LogP contribution in [0.15, 0.2) is 35.8 Å². The summed E-state index contributed by atoms with van der Waals surface area (Å²) in [5.41, 5.74) is 2.32. The molecule has 0 saturated carbocycles. The summed E-state index contributed by atoms with van der Waals surface area (Å²) in [5, 5.41) is 5.00. The zero-order valence-corrected chi connectivity index (χ0v) is 14.6. The molecule has 124 valence electrons. The monoisotopic (exact) mass is 360 g/mol. The summed E-state index contributed by atoms with van der Waals surface area (Å²) >= 11 is 7.55. The van der Waals surface area contributed by atoms with Crippen LogP contribution in [-0.2, 0) is 0 Å². The molecule has 0 unspecified atom stereocenters. The molecule has 0 atom stereocenters. The molecule has 1 saturated heterocycles. The standard InChI is InChI=1S/C17H17ClN4OS/c18-15-14(22-10-11-24-17(22)20-15)16(23)19-12-4-6-13(7-5-12)21-8-2-1-3-9-21/h4-7,10-11H,1-3,8-9H2,(H,19,23). The third kappa shape index (κ3) is 2.87. The van der Waals surface area contributed by atoms with Gasteiger partial charge >= 0.3 is 0 Å². The number of halogens is 1. The Bertz CT molecular complexity index is 864. The molecule has 4 rings (SSSR count). The number of anilines is 2. The van der Waals surface area contributed by atoms with E-state index in [2.05, 4.69) is 27.3 Å². The van der Waals surface area contributed by atoms with E-state index in [4.69, 9.17) is 11.6 Å². The summed E-state index contributed by atoms with van der Waals surface area (Å²) in [4.78, 5) is 19.8. The van der Waals surface area contributed by atoms with Gasteiger partial charge in [0, 0.05) is 36.0 Å². The van der Waals surface area contributed by atoms with E-state index in [1.165, 1.54) is 36.3 Å². The SMILES string of the molecule is O=C(Nc1ccc(N2CCCCC2)cc1)c1c(Cl)nc2sccn12. The molecular formula is C17H17ClN4OS. The van der Waals surface area contributed by atoms with Crippen molar-refractivity contribution in [3.8, 4) is 0 Å². The van der Waals surface area contributed by atoms with E-state index in [1.54, 1.807) is 10.6 Å². The number of imidazole rings is 1. The number of carbonyl (C=O) groups excluding carboxylic acids is 1. The van der Waals surface area contributed by atoms with E-state index in [0.717, 1.165) is 18.8 Å². The summed E-state index contributed by atoms with van der Waals surface area (Å²) in [6.07, 6.45) is 5.60. The summed E-state index contributed by atoms with van der Waals surface area (Å²) < 4.78 is 1.71. The Kier molecular flexibility index (Phi) is 4.16. The van der Waals surface area contributed by atoms with Gasteiger partial charge in [-0.15, -0.1) is 11.3 Å². The fourth-order valence-corrected chi connectivity index (χ4v) is 4.08. The topological polar surface area (TPSA) is 49.6 Å². The highest BCUT2D eigenvalue weighted by atomic mass is 35.5. The van der Waals surface area contributed by atoms with Gasteiger partial charge in [0.05, 0.1) is 0 Å². The van der Waals surface area contributed by atoms with Crippen molar-refractivity contribution in [3.05, 3.63) is 46.7 Å². The molecule has 2 aromatic heterocycles. The van der Waals surface area contributed by atoms with Crippen LogP contribution in [-0.4, -0.2) is 28.4 Å². The summed E-state index contributed by atoms with van der Waals surface area (Å²) in [6.45, 7) is 2.21. The van der Waals surface area contributed by atoms with Crippen molar-refractivity contribution in [2.24, 2.45) is 0 Å². The maximum Gasteiger partial charge on any atom is 0.275 e. The number of thiazole rings is 1. The van der Waals surface area contributed by atoms with Gasteiger partial charge in [0.25, 0.3) is 5.91 Å². The lowest BCUT2D eigenvalue weighted by atomic mass is 10.1. The fourth-order valence-electron chi connectivity index (χ4n) is 3.06. The van der Waals surface area contributed by atoms with Crippen LogP contribution in [0.1, 0.15) is 29.8 Å². The lowest BCUT2D eigenvalue weighted by Gasteiger charge is -2.28. The number of fused-ring (bicyclic) bond motifs is 1. The molecule has 1 amide bonds. The van der Waals surface area contributed by atoms with Crippen LogP contribution >= 0.6 is 22.9 Å². The van der Waals surface area contributed by atoms with Crippen LogP contribution < -0.4 is 10.2 Å². The second kappa shape index (κ2) is 6.45. The molecule has 24 heavy (non-hydrogen) atoms. The average molecular weight is 361 g/mol. The first-order chi connectivity index (χ1) is 11.7. The van der Waals surface area contributed by atoms with Gasteiger partial charge in [0.15, 0.2) is 15.8 Å². The quantitative estimate of drug-likeness (QED) is 0.757. The number of carbonyl (C=O) groups is 1. The van der Waals surface area contributed by atoms with Crippen LogP contribution in [0.4, 0.5) is 11.4 Å². The normalized spacial score (nSPS) is 15.0. The van der Waals surface area contributed by atoms with Gasteiger partial charge in [-0.3, -0.25) is 9.20 Å². The molecule has 0 aliphatic carbocycles. The number of hydrogen-bond donors (Lipinski definition) is 1. The number of amides is 1. The number of benzene rings is 1. The van der Waals surface area contributed by atoms with Crippen LogP contribution in [0.5, 0.6) is 0 Å². The molecule has 0 spiro atoms. The van der Waals surface area contributed by atoms with Crippen molar-refractivity contribution in [2.45, 2.75) is 19.3 Å². The molecular weight excluding hydrogens is 344 g/mol. The molecule has 5 nitrogen and oxygen atoms in total. The van der Waals surface area contributed by atoms with Crippen molar-refractivity contribution >= 4 is 45.2 Å². The van der Waals surface area contributed by atoms with Gasteiger partial charge in [-0.25, -0.2) is 4.98 Å². The number of aromatic nitrogens is 2. The molecule has 0 bridgehead atoms. The largest absolute Gasteiger partial charge is 0.372 e. The zero-order valence-electron chi connectivity index (χ0n) is 13.0. The Balaban J connectivity index is 1.51. The molecule has 1 aliphatic heterocycles. The zero-order chi connectivity index (χ0) is 16.5. The summed E-state index contributed by atoms with van der Waals surface area (Å²) in [6, 6.07) is 7.97. The first kappa shape index (κ1) is 15.5. The van der Waals surface area contributed by atoms with Crippen molar-refractivity contribution in [1.82, 2.24) is 9.38 Å². The molecule has 1 N–H and O–H groups in total. The lowest BCUT2D eigenvalue weighted by molar-refractivity contribution is 0.102. The molecule has 1 aliphatic rings. The highest BCUT2D eigenvalue weighted by molar-refractivity contribution is 7.15. The van der Waals surface area contributed by atoms with Crippen molar-refractivity contribution in [3.63, 3.8) is 0 Å². The van der Waals surface area contributed by atoms with E-state index >= 15 is 0 Å². The molecule has 3 aromatic rings. The van der Waals surface area contributed by atoms with Gasteiger partial charge in [0.2, 0.25) is 0 Å². The second-order valence-corrected chi connectivity index (χ2v) is 7.09. The predicted molar refractivity (Wildman–Crippen MR) is 98.5 cm³/mol. The molecule has 1 aromatic carbocycles. The van der Waals surface area contributed by atoms with Crippen LogP contribution in [0, 0.1) is 0 Å². The van der Waals surface area contributed by atoms with Gasteiger partial charge in [-0.2, -0.15) is 0 Å². The van der Waals surface area contributed by atoms with Gasteiger partial charge < -0.3 is 10.2 Å². The number of nitrogens with one attached hydrogen (secondary N) is 1. The lowest BCUT2D eigenvalue weighted by Crippen LogP contribution is -2.29. The number of hydrogen-bond acceptors (Lipinski definition) is 4. The minimum Gasteiger partial charge on any atom is -0.372 e. The Hall–Kier alpha value is -2.05. The Morgan fingerprint density at radius 1 is 1.17 bits per heavy atom. The Morgan fingerprint density at radius 3 is 2.67 bits per heavy atom. The van der Waals surface area contributed by atoms with E-state index in [0.29, 0.717) is 10.7 Å². The summed E-state index contributed by atoms with van der Waals surface area (Å²) in [5.74, 6) is -0.253. The molecule has 0 radical (unpaired) electrons. The third-order valence-electron chi connectivity index (χ3n) is 4.28. The van der Waals surface area contributed by atoms with Gasteiger partial charge in [0.1, 0.15) is 0 Å². The van der Waals surface area contributed by atoms with Crippen molar-refractivity contribution in [1.29, 1.82) is 0 Å². The van der Waals surface area contributed by atoms with Crippen LogP contribution in [0.2, 0.25) is 5.15 Å². The average Bonchev–Trinajstić information content (AvgIpc) is 3.16. The smallest absolute Gasteiger partial charge is 0.275 e. The highest BCUT2D eigenvalue weighted by Crippen LogP contribution is 2.24. The maximum absolute atomic E-state index is 12.5. The molecule has 3 heterocycles. The van der Waals surface area contributed by atoms with Crippen LogP contribution in [0.25, 0.3) is 4.96 Å². The van der Waals surface area contributed by atoms with E-state index in [-0.39, 0.29) is 11.1 Å². The predicted octanol–water partition coefficient (Wildman–Crippen LogP) is 4.29. The van der Waals surface area contributed by atoms with Gasteiger partial charge in [-0.05, 0) is 43.5 Å². The van der Waals surface area contributed by atoms with E-state index in [1.807, 2.05) is 17.5 Å². The van der Waals surface area contributed by atoms with Gasteiger partial charge in [-0.1, -0.05) is 11.6 Å². The fraction of sp³-hybridized carbons (Fsp3) is 0.294. The highest BCUT2D eigenvalue weighted by Gasteiger charge is 2.19. The minimum atomic E-state index is -0.253. The van der Waals surface area contributed by atoms with Crippen molar-refractivity contribution in [2.75, 3.05) is 23.3 Å². The number of nitrogens with zero attached hydrogens (tertiary/aromatic N) is 3.